The zero-order valence-electron chi connectivity index (χ0n) is 9.51. The summed E-state index contributed by atoms with van der Waals surface area (Å²) in [5.41, 5.74) is 0.921. The molecule has 0 atom stereocenters. The van der Waals surface area contributed by atoms with E-state index in [1.165, 1.54) is 6.42 Å². The number of thiazole rings is 1. The number of thioether (sulfide) groups is 1. The summed E-state index contributed by atoms with van der Waals surface area (Å²) in [4.78, 5) is 5.49. The first kappa shape index (κ1) is 12.0. The first-order chi connectivity index (χ1) is 7.72. The van der Waals surface area contributed by atoms with Gasteiger partial charge in [-0.25, -0.2) is 4.98 Å². The van der Waals surface area contributed by atoms with Crippen molar-refractivity contribution in [1.82, 2.24) is 9.38 Å². The smallest absolute Gasteiger partial charge is 0.195 e. The average molecular weight is 256 g/mol. The Bertz CT molecular complexity index is 461. The highest BCUT2D eigenvalue weighted by molar-refractivity contribution is 7.99. The van der Waals surface area contributed by atoms with E-state index in [9.17, 15) is 5.11 Å². The highest BCUT2D eigenvalue weighted by Gasteiger charge is 2.12. The van der Waals surface area contributed by atoms with E-state index in [-0.39, 0.29) is 6.61 Å². The molecule has 1 N–H and O–H groups in total. The number of rotatable bonds is 5. The van der Waals surface area contributed by atoms with Crippen molar-refractivity contribution in [3.8, 4) is 0 Å². The third-order valence-electron chi connectivity index (χ3n) is 2.41. The van der Waals surface area contributed by atoms with Gasteiger partial charge in [-0.05, 0) is 18.1 Å². The van der Waals surface area contributed by atoms with E-state index >= 15 is 0 Å². The Kier molecular flexibility index (Phi) is 3.89. The van der Waals surface area contributed by atoms with Gasteiger partial charge in [0.25, 0.3) is 0 Å². The number of hydrogen-bond acceptors (Lipinski definition) is 4. The maximum Gasteiger partial charge on any atom is 0.195 e. The monoisotopic (exact) mass is 256 g/mol. The molecule has 0 amide bonds. The molecule has 16 heavy (non-hydrogen) atoms. The molecule has 0 unspecified atom stereocenters. The molecule has 0 aliphatic heterocycles. The summed E-state index contributed by atoms with van der Waals surface area (Å²) in [6, 6.07) is 0. The molecule has 0 bridgehead atoms. The molecule has 3 nitrogen and oxygen atoms in total. The van der Waals surface area contributed by atoms with Crippen LogP contribution < -0.4 is 0 Å². The lowest BCUT2D eigenvalue weighted by atomic mass is 10.2. The van der Waals surface area contributed by atoms with Crippen LogP contribution in [0.15, 0.2) is 16.6 Å². The minimum atomic E-state index is 0.0575. The Balaban J connectivity index is 2.13. The summed E-state index contributed by atoms with van der Waals surface area (Å²) in [5, 5.41) is 12.3. The fourth-order valence-corrected chi connectivity index (χ4v) is 3.52. The second-order valence-electron chi connectivity index (χ2n) is 4.11. The Morgan fingerprint density at radius 3 is 3.06 bits per heavy atom. The van der Waals surface area contributed by atoms with E-state index in [1.807, 2.05) is 16.0 Å². The fourth-order valence-electron chi connectivity index (χ4n) is 1.46. The molecule has 5 heteroatoms. The highest BCUT2D eigenvalue weighted by atomic mass is 32.2. The topological polar surface area (TPSA) is 37.5 Å². The summed E-state index contributed by atoms with van der Waals surface area (Å²) < 4.78 is 1.97. The van der Waals surface area contributed by atoms with Gasteiger partial charge in [-0.3, -0.25) is 4.40 Å². The van der Waals surface area contributed by atoms with Crippen LogP contribution in [0.3, 0.4) is 0 Å². The van der Waals surface area contributed by atoms with Crippen molar-refractivity contribution in [1.29, 1.82) is 0 Å². The summed E-state index contributed by atoms with van der Waals surface area (Å²) in [7, 11) is 0. The highest BCUT2D eigenvalue weighted by Crippen LogP contribution is 2.27. The van der Waals surface area contributed by atoms with Gasteiger partial charge in [0.1, 0.15) is 5.03 Å². The van der Waals surface area contributed by atoms with Crippen molar-refractivity contribution < 1.29 is 5.11 Å². The Morgan fingerprint density at radius 1 is 1.56 bits per heavy atom. The summed E-state index contributed by atoms with van der Waals surface area (Å²) >= 11 is 3.35. The van der Waals surface area contributed by atoms with Gasteiger partial charge in [-0.2, -0.15) is 0 Å². The van der Waals surface area contributed by atoms with Crippen LogP contribution in [0.25, 0.3) is 4.96 Å². The van der Waals surface area contributed by atoms with Crippen molar-refractivity contribution in [2.45, 2.75) is 31.9 Å². The molecule has 2 aromatic rings. The number of aliphatic hydroxyl groups excluding tert-OH is 1. The number of fused-ring (bicyclic) bond motifs is 1. The lowest BCUT2D eigenvalue weighted by Gasteiger charge is -2.03. The number of aliphatic hydroxyl groups is 1. The molecular formula is C11H16N2OS2. The van der Waals surface area contributed by atoms with Gasteiger partial charge in [0.2, 0.25) is 0 Å². The second kappa shape index (κ2) is 5.21. The average Bonchev–Trinajstić information content (AvgIpc) is 2.76. The van der Waals surface area contributed by atoms with Crippen LogP contribution in [-0.4, -0.2) is 20.2 Å². The maximum atomic E-state index is 9.36. The first-order valence-electron chi connectivity index (χ1n) is 5.40. The molecule has 0 aliphatic rings. The SMILES string of the molecule is CC(C)CCSc1nc2sccn2c1CO. The number of nitrogens with zero attached hydrogens (tertiary/aromatic N) is 2. The first-order valence-corrected chi connectivity index (χ1v) is 7.27. The normalized spacial score (nSPS) is 11.8. The van der Waals surface area contributed by atoms with Crippen LogP contribution in [0.2, 0.25) is 0 Å². The summed E-state index contributed by atoms with van der Waals surface area (Å²) in [6.07, 6.45) is 3.14. The van der Waals surface area contributed by atoms with Crippen molar-refractivity contribution in [3.63, 3.8) is 0 Å². The molecular weight excluding hydrogens is 240 g/mol. The van der Waals surface area contributed by atoms with E-state index < -0.39 is 0 Å². The van der Waals surface area contributed by atoms with Gasteiger partial charge < -0.3 is 5.11 Å². The lowest BCUT2D eigenvalue weighted by Crippen LogP contribution is -1.93. The number of hydrogen-bond donors (Lipinski definition) is 1. The molecule has 0 fully saturated rings. The van der Waals surface area contributed by atoms with Gasteiger partial charge in [0.05, 0.1) is 12.3 Å². The fraction of sp³-hybridized carbons (Fsp3) is 0.545. The number of imidazole rings is 1. The van der Waals surface area contributed by atoms with E-state index in [2.05, 4.69) is 18.8 Å². The van der Waals surface area contributed by atoms with Crippen LogP contribution in [0.1, 0.15) is 26.0 Å². The molecule has 0 radical (unpaired) electrons. The van der Waals surface area contributed by atoms with Crippen LogP contribution >= 0.6 is 23.1 Å². The second-order valence-corrected chi connectivity index (χ2v) is 6.06. The molecule has 2 heterocycles. The van der Waals surface area contributed by atoms with Crippen LogP contribution in [0.5, 0.6) is 0 Å². The molecule has 2 aromatic heterocycles. The van der Waals surface area contributed by atoms with Crippen LogP contribution in [0, 0.1) is 5.92 Å². The third-order valence-corrected chi connectivity index (χ3v) is 4.20. The third kappa shape index (κ3) is 2.42. The minimum absolute atomic E-state index is 0.0575. The Morgan fingerprint density at radius 2 is 2.38 bits per heavy atom. The minimum Gasteiger partial charge on any atom is -0.390 e. The molecule has 0 aliphatic carbocycles. The molecule has 0 aromatic carbocycles. The van der Waals surface area contributed by atoms with Crippen LogP contribution in [-0.2, 0) is 6.61 Å². The molecule has 0 spiro atoms. The van der Waals surface area contributed by atoms with Gasteiger partial charge in [0, 0.05) is 11.6 Å². The Hall–Kier alpha value is -0.520. The Labute approximate surface area is 104 Å². The predicted molar refractivity (Wildman–Crippen MR) is 69.2 cm³/mol. The summed E-state index contributed by atoms with van der Waals surface area (Å²) in [5.74, 6) is 1.78. The maximum absolute atomic E-state index is 9.36. The quantitative estimate of drug-likeness (QED) is 0.836. The van der Waals surface area contributed by atoms with Crippen molar-refractivity contribution >= 4 is 28.1 Å². The van der Waals surface area contributed by atoms with E-state index in [0.717, 1.165) is 21.4 Å². The molecule has 88 valence electrons. The standard InChI is InChI=1S/C11H16N2OS2/c1-8(2)3-5-15-10-9(7-14)13-4-6-16-11(13)12-10/h4,6,8,14H,3,5,7H2,1-2H3. The van der Waals surface area contributed by atoms with Gasteiger partial charge in [-0.15, -0.1) is 23.1 Å². The summed E-state index contributed by atoms with van der Waals surface area (Å²) in [6.45, 7) is 4.50. The van der Waals surface area contributed by atoms with Gasteiger partial charge >= 0.3 is 0 Å². The van der Waals surface area contributed by atoms with Crippen molar-refractivity contribution in [2.24, 2.45) is 5.92 Å². The van der Waals surface area contributed by atoms with Crippen molar-refractivity contribution in [3.05, 3.63) is 17.3 Å². The lowest BCUT2D eigenvalue weighted by molar-refractivity contribution is 0.272. The van der Waals surface area contributed by atoms with Crippen LogP contribution in [0.4, 0.5) is 0 Å². The molecule has 0 saturated heterocycles. The molecule has 2 rings (SSSR count). The van der Waals surface area contributed by atoms with E-state index in [1.54, 1.807) is 23.1 Å². The predicted octanol–water partition coefficient (Wildman–Crippen LogP) is 3.03. The van der Waals surface area contributed by atoms with E-state index in [0.29, 0.717) is 5.92 Å². The zero-order chi connectivity index (χ0) is 11.5. The zero-order valence-corrected chi connectivity index (χ0v) is 11.1. The molecule has 0 saturated carbocycles. The van der Waals surface area contributed by atoms with E-state index in [4.69, 9.17) is 0 Å². The van der Waals surface area contributed by atoms with Gasteiger partial charge in [-0.1, -0.05) is 13.8 Å². The largest absolute Gasteiger partial charge is 0.390 e. The van der Waals surface area contributed by atoms with Crippen molar-refractivity contribution in [2.75, 3.05) is 5.75 Å². The number of aromatic nitrogens is 2. The van der Waals surface area contributed by atoms with Gasteiger partial charge in [0.15, 0.2) is 4.96 Å².